The van der Waals surface area contributed by atoms with Crippen LogP contribution in [0.4, 0.5) is 4.39 Å². The molecule has 156 valence electrons. The Bertz CT molecular complexity index is 823. The molecule has 1 N–H and O–H groups in total. The summed E-state index contributed by atoms with van der Waals surface area (Å²) in [7, 11) is 1.88. The number of fused-ring (bicyclic) bond motifs is 1. The predicted molar refractivity (Wildman–Crippen MR) is 111 cm³/mol. The summed E-state index contributed by atoms with van der Waals surface area (Å²) in [5, 5.41) is 3.14. The molecule has 6 heteroatoms. The maximum absolute atomic E-state index is 13.0. The normalized spacial score (nSPS) is 14.6. The molecule has 0 unspecified atom stereocenters. The molecule has 1 aliphatic heterocycles. The molecule has 0 saturated heterocycles. The first-order valence-corrected chi connectivity index (χ1v) is 10.0. The third-order valence-corrected chi connectivity index (χ3v) is 4.89. The smallest absolute Gasteiger partial charge is 0.234 e. The van der Waals surface area contributed by atoms with Crippen molar-refractivity contribution in [2.45, 2.75) is 32.9 Å². The van der Waals surface area contributed by atoms with Crippen molar-refractivity contribution in [3.63, 3.8) is 0 Å². The van der Waals surface area contributed by atoms with Gasteiger partial charge < -0.3 is 14.8 Å². The largest absolute Gasteiger partial charge is 0.490 e. The van der Waals surface area contributed by atoms with Gasteiger partial charge in [0.15, 0.2) is 11.5 Å². The van der Waals surface area contributed by atoms with Crippen LogP contribution in [0.2, 0.25) is 0 Å². The monoisotopic (exact) mass is 400 g/mol. The quantitative estimate of drug-likeness (QED) is 0.765. The van der Waals surface area contributed by atoms with E-state index in [0.29, 0.717) is 19.8 Å². The Kier molecular flexibility index (Phi) is 7.09. The van der Waals surface area contributed by atoms with Gasteiger partial charge in [-0.05, 0) is 48.4 Å². The third kappa shape index (κ3) is 5.94. The van der Waals surface area contributed by atoms with Gasteiger partial charge in [0.2, 0.25) is 5.91 Å². The number of nitrogens with zero attached hydrogens (tertiary/aromatic N) is 1. The van der Waals surface area contributed by atoms with E-state index in [9.17, 15) is 9.18 Å². The molecule has 0 spiro atoms. The molecule has 0 bridgehead atoms. The van der Waals surface area contributed by atoms with E-state index in [4.69, 9.17) is 9.47 Å². The second-order valence-electron chi connectivity index (χ2n) is 7.84. The summed E-state index contributed by atoms with van der Waals surface area (Å²) in [5.41, 5.74) is 1.96. The van der Waals surface area contributed by atoms with Gasteiger partial charge in [0.05, 0.1) is 25.8 Å². The van der Waals surface area contributed by atoms with Crippen molar-refractivity contribution in [2.75, 3.05) is 26.8 Å². The lowest BCUT2D eigenvalue weighted by atomic mass is 9.95. The number of likely N-dealkylation sites (N-methyl/N-ethyl adjacent to an activating group) is 1. The lowest BCUT2D eigenvalue weighted by Crippen LogP contribution is -2.38. The highest BCUT2D eigenvalue weighted by atomic mass is 19.1. The van der Waals surface area contributed by atoms with Gasteiger partial charge >= 0.3 is 0 Å². The predicted octanol–water partition coefficient (Wildman–Crippen LogP) is 3.93. The minimum absolute atomic E-state index is 0.0552. The molecule has 0 saturated carbocycles. The van der Waals surface area contributed by atoms with E-state index in [2.05, 4.69) is 19.2 Å². The molecule has 0 aliphatic carbocycles. The molecule has 1 aliphatic rings. The van der Waals surface area contributed by atoms with E-state index in [1.54, 1.807) is 12.1 Å². The molecule has 0 aromatic heterocycles. The summed E-state index contributed by atoms with van der Waals surface area (Å²) < 4.78 is 24.5. The molecule has 1 atom stereocenters. The van der Waals surface area contributed by atoms with Crippen molar-refractivity contribution in [1.82, 2.24) is 10.2 Å². The molecule has 0 radical (unpaired) electrons. The van der Waals surface area contributed by atoms with Crippen LogP contribution in [0.3, 0.4) is 0 Å². The zero-order chi connectivity index (χ0) is 20.8. The molecule has 5 nitrogen and oxygen atoms in total. The van der Waals surface area contributed by atoms with Crippen molar-refractivity contribution in [3.05, 3.63) is 59.4 Å². The van der Waals surface area contributed by atoms with Crippen LogP contribution in [0.1, 0.15) is 37.4 Å². The SMILES string of the molecule is CC(C)[C@H](NC(=O)CN(C)Cc1ccc(F)cc1)c1ccc2c(c1)OCCCO2. The average Bonchev–Trinajstić information content (AvgIpc) is 2.92. The molecular formula is C23H29FN2O3. The summed E-state index contributed by atoms with van der Waals surface area (Å²) in [6.45, 7) is 6.27. The van der Waals surface area contributed by atoms with Gasteiger partial charge in [0, 0.05) is 13.0 Å². The van der Waals surface area contributed by atoms with Gasteiger partial charge in [-0.25, -0.2) is 4.39 Å². The van der Waals surface area contributed by atoms with Crippen molar-refractivity contribution < 1.29 is 18.7 Å². The second-order valence-corrected chi connectivity index (χ2v) is 7.84. The van der Waals surface area contributed by atoms with E-state index < -0.39 is 0 Å². The summed E-state index contributed by atoms with van der Waals surface area (Å²) in [6.07, 6.45) is 0.856. The highest BCUT2D eigenvalue weighted by Crippen LogP contribution is 2.34. The molecule has 2 aromatic carbocycles. The fraction of sp³-hybridized carbons (Fsp3) is 0.435. The summed E-state index contributed by atoms with van der Waals surface area (Å²) >= 11 is 0. The van der Waals surface area contributed by atoms with Gasteiger partial charge in [-0.1, -0.05) is 32.0 Å². The number of rotatable bonds is 7. The Morgan fingerprint density at radius 1 is 1.10 bits per heavy atom. The number of halogens is 1. The zero-order valence-electron chi connectivity index (χ0n) is 17.3. The first-order valence-electron chi connectivity index (χ1n) is 10.0. The molecular weight excluding hydrogens is 371 g/mol. The number of hydrogen-bond donors (Lipinski definition) is 1. The zero-order valence-corrected chi connectivity index (χ0v) is 17.3. The molecule has 2 aromatic rings. The highest BCUT2D eigenvalue weighted by molar-refractivity contribution is 5.78. The first kappa shape index (κ1) is 21.1. The molecule has 0 fully saturated rings. The van der Waals surface area contributed by atoms with Crippen LogP contribution in [-0.4, -0.2) is 37.6 Å². The maximum Gasteiger partial charge on any atom is 0.234 e. The summed E-state index contributed by atoms with van der Waals surface area (Å²) in [6, 6.07) is 12.1. The van der Waals surface area contributed by atoms with Crippen LogP contribution in [0, 0.1) is 11.7 Å². The van der Waals surface area contributed by atoms with Crippen molar-refractivity contribution >= 4 is 5.91 Å². The topological polar surface area (TPSA) is 50.8 Å². The molecule has 1 heterocycles. The minimum Gasteiger partial charge on any atom is -0.490 e. The van der Waals surface area contributed by atoms with Crippen molar-refractivity contribution in [1.29, 1.82) is 0 Å². The fourth-order valence-electron chi connectivity index (χ4n) is 3.43. The number of ether oxygens (including phenoxy) is 2. The van der Waals surface area contributed by atoms with Crippen LogP contribution in [0.25, 0.3) is 0 Å². The van der Waals surface area contributed by atoms with Crippen LogP contribution >= 0.6 is 0 Å². The average molecular weight is 400 g/mol. The Morgan fingerprint density at radius 3 is 2.48 bits per heavy atom. The molecule has 1 amide bonds. The van der Waals surface area contributed by atoms with E-state index >= 15 is 0 Å². The first-order chi connectivity index (χ1) is 13.9. The number of hydrogen-bond acceptors (Lipinski definition) is 4. The van der Waals surface area contributed by atoms with Gasteiger partial charge in [-0.3, -0.25) is 9.69 Å². The Hall–Kier alpha value is -2.60. The number of nitrogens with one attached hydrogen (secondary N) is 1. The number of carbonyl (C=O) groups excluding carboxylic acids is 1. The van der Waals surface area contributed by atoms with E-state index in [1.165, 1.54) is 12.1 Å². The molecule has 3 rings (SSSR count). The van der Waals surface area contributed by atoms with E-state index in [0.717, 1.165) is 29.0 Å². The molecule has 29 heavy (non-hydrogen) atoms. The Labute approximate surface area is 171 Å². The van der Waals surface area contributed by atoms with E-state index in [1.807, 2.05) is 30.1 Å². The lowest BCUT2D eigenvalue weighted by molar-refractivity contribution is -0.123. The van der Waals surface area contributed by atoms with Crippen LogP contribution in [0.5, 0.6) is 11.5 Å². The van der Waals surface area contributed by atoms with Crippen LogP contribution in [0.15, 0.2) is 42.5 Å². The number of amides is 1. The maximum atomic E-state index is 13.0. The summed E-state index contributed by atoms with van der Waals surface area (Å²) in [5.74, 6) is 1.38. The minimum atomic E-state index is -0.260. The van der Waals surface area contributed by atoms with E-state index in [-0.39, 0.29) is 30.2 Å². The van der Waals surface area contributed by atoms with Crippen molar-refractivity contribution in [2.24, 2.45) is 5.92 Å². The number of carbonyl (C=O) groups is 1. The second kappa shape index (κ2) is 9.74. The third-order valence-electron chi connectivity index (χ3n) is 4.89. The van der Waals surface area contributed by atoms with Crippen LogP contribution in [-0.2, 0) is 11.3 Å². The van der Waals surface area contributed by atoms with Gasteiger partial charge in [-0.15, -0.1) is 0 Å². The fourth-order valence-corrected chi connectivity index (χ4v) is 3.43. The standard InChI is InChI=1S/C23H29FN2O3/c1-16(2)23(18-7-10-20-21(13-18)29-12-4-11-28-20)25-22(27)15-26(3)14-17-5-8-19(24)9-6-17/h5-10,13,16,23H,4,11-12,14-15H2,1-3H3,(H,25,27)/t23-/m0/s1. The Morgan fingerprint density at radius 2 is 1.79 bits per heavy atom. The Balaban J connectivity index is 1.63. The lowest BCUT2D eigenvalue weighted by Gasteiger charge is -2.25. The van der Waals surface area contributed by atoms with Crippen LogP contribution < -0.4 is 14.8 Å². The van der Waals surface area contributed by atoms with Crippen molar-refractivity contribution in [3.8, 4) is 11.5 Å². The summed E-state index contributed by atoms with van der Waals surface area (Å²) in [4.78, 5) is 14.6. The highest BCUT2D eigenvalue weighted by Gasteiger charge is 2.21. The van der Waals surface area contributed by atoms with Gasteiger partial charge in [-0.2, -0.15) is 0 Å². The van der Waals surface area contributed by atoms with Gasteiger partial charge in [0.1, 0.15) is 5.82 Å². The van der Waals surface area contributed by atoms with Gasteiger partial charge in [0.25, 0.3) is 0 Å². The number of benzene rings is 2.